The number of carbonyl (C=O) groups excluding carboxylic acids is 1. The van der Waals surface area contributed by atoms with Crippen LogP contribution >= 0.6 is 11.5 Å². The molecule has 5 nitrogen and oxygen atoms in total. The summed E-state index contributed by atoms with van der Waals surface area (Å²) in [6.07, 6.45) is 1.56. The smallest absolute Gasteiger partial charge is 0.261 e. The predicted molar refractivity (Wildman–Crippen MR) is 39.1 cm³/mol. The van der Waals surface area contributed by atoms with Crippen LogP contribution in [0.2, 0.25) is 0 Å². The normalized spacial score (nSPS) is 11.2. The summed E-state index contributed by atoms with van der Waals surface area (Å²) in [4.78, 5) is 18.3. The number of rotatable bonds is 3. The Hall–Kier alpha value is -1.30. The summed E-state index contributed by atoms with van der Waals surface area (Å²) in [6, 6.07) is 0. The number of hydrogen-bond acceptors (Lipinski definition) is 6. The van der Waals surface area contributed by atoms with E-state index in [9.17, 15) is 4.79 Å². The van der Waals surface area contributed by atoms with Gasteiger partial charge in [0.2, 0.25) is 0 Å². The third-order valence-corrected chi connectivity index (χ3v) is 1.33. The van der Waals surface area contributed by atoms with Crippen molar-refractivity contribution in [3.05, 3.63) is 11.3 Å². The number of aromatic nitrogens is 2. The monoisotopic (exact) mass is 170 g/mol. The Morgan fingerprint density at radius 2 is 2.73 bits per heavy atom. The van der Waals surface area contributed by atoms with Gasteiger partial charge in [0.1, 0.15) is 12.6 Å². The van der Waals surface area contributed by atoms with Crippen LogP contribution in [0.15, 0.2) is 10.7 Å². The number of hydrogen-bond donors (Lipinski definition) is 0. The molecular weight excluding hydrogens is 166 g/mol. The fourth-order valence-electron chi connectivity index (χ4n) is 0.471. The van der Waals surface area contributed by atoms with Crippen molar-refractivity contribution in [1.82, 2.24) is 9.36 Å². The molecular formula is C5H4N3O2S. The third-order valence-electron chi connectivity index (χ3n) is 0.852. The maximum absolute atomic E-state index is 10.2. The Kier molecular flexibility index (Phi) is 2.67. The van der Waals surface area contributed by atoms with Crippen LogP contribution in [0, 0.1) is 0 Å². The van der Waals surface area contributed by atoms with Crippen molar-refractivity contribution in [2.45, 2.75) is 0 Å². The maximum Gasteiger partial charge on any atom is 0.261 e. The average Bonchev–Trinajstić information content (AvgIpc) is 2.52. The van der Waals surface area contributed by atoms with Crippen molar-refractivity contribution < 1.29 is 9.63 Å². The molecule has 0 saturated carbocycles. The molecule has 1 heterocycles. The standard InChI is InChI=1S/C5H4N3O2S/c1-10-7-4(2-9)5-6-3-11-8-5/h3H,1H3. The van der Waals surface area contributed by atoms with E-state index < -0.39 is 0 Å². The van der Waals surface area contributed by atoms with E-state index in [1.165, 1.54) is 12.6 Å². The van der Waals surface area contributed by atoms with Gasteiger partial charge in [0.25, 0.3) is 6.29 Å². The molecule has 0 fully saturated rings. The van der Waals surface area contributed by atoms with Crippen LogP contribution in [0.1, 0.15) is 5.82 Å². The second kappa shape index (κ2) is 3.77. The molecule has 0 aromatic carbocycles. The molecule has 0 unspecified atom stereocenters. The highest BCUT2D eigenvalue weighted by atomic mass is 32.1. The van der Waals surface area contributed by atoms with Gasteiger partial charge in [-0.05, 0) is 11.5 Å². The van der Waals surface area contributed by atoms with Crippen LogP contribution in [-0.4, -0.2) is 28.5 Å². The lowest BCUT2D eigenvalue weighted by molar-refractivity contribution is 0.214. The molecule has 0 bridgehead atoms. The van der Waals surface area contributed by atoms with Crippen molar-refractivity contribution >= 4 is 23.5 Å². The minimum absolute atomic E-state index is 0.0197. The highest BCUT2D eigenvalue weighted by molar-refractivity contribution is 7.03. The van der Waals surface area contributed by atoms with Crippen molar-refractivity contribution in [1.29, 1.82) is 0 Å². The molecule has 0 atom stereocenters. The summed E-state index contributed by atoms with van der Waals surface area (Å²) >= 11 is 1.13. The molecule has 1 rings (SSSR count). The molecule has 0 spiro atoms. The van der Waals surface area contributed by atoms with Crippen LogP contribution in [0.5, 0.6) is 0 Å². The zero-order valence-electron chi connectivity index (χ0n) is 5.64. The van der Waals surface area contributed by atoms with Gasteiger partial charge in [0, 0.05) is 0 Å². The van der Waals surface area contributed by atoms with Gasteiger partial charge in [-0.2, -0.15) is 4.37 Å². The van der Waals surface area contributed by atoms with E-state index in [1.807, 2.05) is 0 Å². The first kappa shape index (κ1) is 7.80. The van der Waals surface area contributed by atoms with E-state index in [2.05, 4.69) is 19.4 Å². The highest BCUT2D eigenvalue weighted by Crippen LogP contribution is 1.95. The Morgan fingerprint density at radius 1 is 1.91 bits per heavy atom. The molecule has 6 heteroatoms. The quantitative estimate of drug-likeness (QED) is 0.473. The minimum atomic E-state index is -0.0197. The lowest BCUT2D eigenvalue weighted by atomic mass is 10.4. The van der Waals surface area contributed by atoms with E-state index in [0.717, 1.165) is 11.5 Å². The van der Waals surface area contributed by atoms with Gasteiger partial charge in [0.05, 0.1) is 0 Å². The molecule has 0 aliphatic heterocycles. The topological polar surface area (TPSA) is 64.4 Å². The molecule has 0 aliphatic rings. The lowest BCUT2D eigenvalue weighted by Crippen LogP contribution is -2.04. The van der Waals surface area contributed by atoms with Crippen LogP contribution in [0.4, 0.5) is 0 Å². The fourth-order valence-corrected chi connectivity index (χ4v) is 0.899. The Morgan fingerprint density at radius 3 is 3.18 bits per heavy atom. The molecule has 0 amide bonds. The minimum Gasteiger partial charge on any atom is -0.398 e. The van der Waals surface area contributed by atoms with Gasteiger partial charge in [-0.3, -0.25) is 4.79 Å². The molecule has 57 valence electrons. The van der Waals surface area contributed by atoms with Gasteiger partial charge < -0.3 is 4.84 Å². The zero-order valence-corrected chi connectivity index (χ0v) is 6.46. The summed E-state index contributed by atoms with van der Waals surface area (Å²) in [5, 5.41) is 3.36. The molecule has 0 saturated heterocycles. The van der Waals surface area contributed by atoms with E-state index in [-0.39, 0.29) is 11.5 Å². The van der Waals surface area contributed by atoms with Crippen molar-refractivity contribution in [3.63, 3.8) is 0 Å². The summed E-state index contributed by atoms with van der Waals surface area (Å²) < 4.78 is 3.76. The van der Waals surface area contributed by atoms with Crippen LogP contribution in [0.25, 0.3) is 0 Å². The van der Waals surface area contributed by atoms with Crippen LogP contribution in [0.3, 0.4) is 0 Å². The van der Waals surface area contributed by atoms with E-state index >= 15 is 0 Å². The third kappa shape index (κ3) is 1.81. The van der Waals surface area contributed by atoms with Gasteiger partial charge >= 0.3 is 0 Å². The molecule has 1 aromatic rings. The Bertz CT molecular complexity index is 257. The first-order valence-corrected chi connectivity index (χ1v) is 3.48. The summed E-state index contributed by atoms with van der Waals surface area (Å²) in [6.45, 7) is 0. The average molecular weight is 170 g/mol. The number of nitrogens with zero attached hydrogens (tertiary/aromatic N) is 3. The van der Waals surface area contributed by atoms with Gasteiger partial charge in [0.15, 0.2) is 11.5 Å². The predicted octanol–water partition coefficient (Wildman–Crippen LogP) is -0.00170. The first-order valence-electron chi connectivity index (χ1n) is 2.64. The SMILES string of the molecule is CON=C([C]=O)c1ncsn1. The summed E-state index contributed by atoms with van der Waals surface area (Å²) in [5.41, 5.74) is 1.48. The second-order valence-corrected chi connectivity index (χ2v) is 2.08. The van der Waals surface area contributed by atoms with Crippen molar-refractivity contribution in [3.8, 4) is 0 Å². The molecule has 0 aliphatic carbocycles. The zero-order chi connectivity index (χ0) is 8.10. The van der Waals surface area contributed by atoms with Gasteiger partial charge in [-0.25, -0.2) is 4.98 Å². The van der Waals surface area contributed by atoms with E-state index in [0.29, 0.717) is 0 Å². The largest absolute Gasteiger partial charge is 0.398 e. The van der Waals surface area contributed by atoms with Crippen molar-refractivity contribution in [2.75, 3.05) is 7.11 Å². The second-order valence-electron chi connectivity index (χ2n) is 1.48. The maximum atomic E-state index is 10.2. The molecule has 1 aromatic heterocycles. The Labute approximate surface area is 66.9 Å². The summed E-state index contributed by atoms with van der Waals surface area (Å²) in [7, 11) is 1.34. The van der Waals surface area contributed by atoms with Crippen molar-refractivity contribution in [2.24, 2.45) is 5.16 Å². The van der Waals surface area contributed by atoms with E-state index in [4.69, 9.17) is 0 Å². The fraction of sp³-hybridized carbons (Fsp3) is 0.200. The summed E-state index contributed by atoms with van der Waals surface area (Å²) in [5.74, 6) is 0.242. The molecule has 11 heavy (non-hydrogen) atoms. The Balaban J connectivity index is 2.88. The van der Waals surface area contributed by atoms with Gasteiger partial charge in [-0.15, -0.1) is 0 Å². The molecule has 1 radical (unpaired) electrons. The lowest BCUT2D eigenvalue weighted by Gasteiger charge is -1.87. The van der Waals surface area contributed by atoms with Gasteiger partial charge in [-0.1, -0.05) is 5.16 Å². The first-order chi connectivity index (χ1) is 5.38. The van der Waals surface area contributed by atoms with E-state index in [1.54, 1.807) is 6.29 Å². The molecule has 0 N–H and O–H groups in total. The van der Waals surface area contributed by atoms with Crippen LogP contribution < -0.4 is 0 Å². The van der Waals surface area contributed by atoms with Crippen LogP contribution in [-0.2, 0) is 9.63 Å². The number of oxime groups is 1. The highest BCUT2D eigenvalue weighted by Gasteiger charge is 2.07.